The summed E-state index contributed by atoms with van der Waals surface area (Å²) >= 11 is 0. The van der Waals surface area contributed by atoms with E-state index in [0.29, 0.717) is 25.5 Å². The van der Waals surface area contributed by atoms with Crippen LogP contribution in [0.3, 0.4) is 0 Å². The highest BCUT2D eigenvalue weighted by Gasteiger charge is 2.16. The van der Waals surface area contributed by atoms with Crippen LogP contribution in [0, 0.1) is 6.92 Å². The number of aliphatic hydroxyl groups is 1. The zero-order valence-corrected chi connectivity index (χ0v) is 14.6. The monoisotopic (exact) mass is 337 g/mol. The molecule has 130 valence electrons. The van der Waals surface area contributed by atoms with Gasteiger partial charge < -0.3 is 5.11 Å². The van der Waals surface area contributed by atoms with Crippen LogP contribution < -0.4 is 0 Å². The normalized spacial score (nSPS) is 12.5. The summed E-state index contributed by atoms with van der Waals surface area (Å²) in [5.74, 6) is 0.648. The molecule has 6 heteroatoms. The molecule has 6 nitrogen and oxygen atoms in total. The zero-order valence-electron chi connectivity index (χ0n) is 14.6. The number of aliphatic hydroxyl groups excluding tert-OH is 1. The van der Waals surface area contributed by atoms with Crippen LogP contribution in [0.2, 0.25) is 0 Å². The van der Waals surface area contributed by atoms with Gasteiger partial charge in [-0.2, -0.15) is 4.80 Å². The van der Waals surface area contributed by atoms with Gasteiger partial charge in [-0.25, -0.2) is 0 Å². The van der Waals surface area contributed by atoms with Gasteiger partial charge in [0.05, 0.1) is 19.7 Å². The molecule has 25 heavy (non-hydrogen) atoms. The second-order valence-corrected chi connectivity index (χ2v) is 6.28. The van der Waals surface area contributed by atoms with E-state index in [1.807, 2.05) is 49.4 Å². The maximum atomic E-state index is 10.7. The molecular formula is C19H23N5O. The Hall–Kier alpha value is -2.57. The van der Waals surface area contributed by atoms with Crippen molar-refractivity contribution in [2.75, 3.05) is 6.54 Å². The summed E-state index contributed by atoms with van der Waals surface area (Å²) in [5.41, 5.74) is 3.25. The van der Waals surface area contributed by atoms with E-state index < -0.39 is 6.10 Å². The molecule has 1 N–H and O–H groups in total. The van der Waals surface area contributed by atoms with E-state index in [1.165, 1.54) is 10.4 Å². The Morgan fingerprint density at radius 3 is 2.56 bits per heavy atom. The van der Waals surface area contributed by atoms with Crippen molar-refractivity contribution in [3.8, 4) is 0 Å². The van der Waals surface area contributed by atoms with E-state index in [0.717, 1.165) is 11.1 Å². The summed E-state index contributed by atoms with van der Waals surface area (Å²) in [4.78, 5) is 3.59. The molecule has 0 saturated carbocycles. The summed E-state index contributed by atoms with van der Waals surface area (Å²) < 4.78 is 0. The van der Waals surface area contributed by atoms with Gasteiger partial charge in [-0.15, -0.1) is 10.2 Å². The van der Waals surface area contributed by atoms with Gasteiger partial charge in [0.1, 0.15) is 0 Å². The van der Waals surface area contributed by atoms with Crippen LogP contribution in [-0.2, 0) is 20.1 Å². The first kappa shape index (κ1) is 17.3. The van der Waals surface area contributed by atoms with E-state index in [9.17, 15) is 5.11 Å². The Morgan fingerprint density at radius 2 is 1.88 bits per heavy atom. The molecule has 1 atom stereocenters. The lowest BCUT2D eigenvalue weighted by atomic mass is 10.1. The van der Waals surface area contributed by atoms with Gasteiger partial charge in [0.15, 0.2) is 5.82 Å². The Bertz CT molecular complexity index is 802. The molecule has 1 heterocycles. The number of hydrogen-bond acceptors (Lipinski definition) is 5. The maximum Gasteiger partial charge on any atom is 0.188 e. The van der Waals surface area contributed by atoms with E-state index in [-0.39, 0.29) is 0 Å². The van der Waals surface area contributed by atoms with Crippen molar-refractivity contribution >= 4 is 0 Å². The summed E-state index contributed by atoms with van der Waals surface area (Å²) in [6.07, 6.45) is -0.569. The van der Waals surface area contributed by atoms with Crippen molar-refractivity contribution in [1.82, 2.24) is 25.1 Å². The van der Waals surface area contributed by atoms with Gasteiger partial charge in [-0.3, -0.25) is 4.90 Å². The van der Waals surface area contributed by atoms with Gasteiger partial charge in [0.2, 0.25) is 0 Å². The van der Waals surface area contributed by atoms with Gasteiger partial charge >= 0.3 is 0 Å². The van der Waals surface area contributed by atoms with Crippen LogP contribution in [-0.4, -0.2) is 36.8 Å². The second-order valence-electron chi connectivity index (χ2n) is 6.28. The SMILES string of the molecule is Cc1cccc([C@@H](O)CN(Cc2ccccc2)Cc2nnn(C)n2)c1. The molecule has 0 spiro atoms. The first-order chi connectivity index (χ1) is 12.1. The fourth-order valence-corrected chi connectivity index (χ4v) is 2.84. The number of rotatable bonds is 7. The molecule has 3 rings (SSSR count). The van der Waals surface area contributed by atoms with Crippen molar-refractivity contribution in [3.05, 3.63) is 77.1 Å². The Balaban J connectivity index is 1.75. The highest BCUT2D eigenvalue weighted by atomic mass is 16.3. The van der Waals surface area contributed by atoms with Crippen LogP contribution in [0.5, 0.6) is 0 Å². The van der Waals surface area contributed by atoms with Gasteiger partial charge in [0.25, 0.3) is 0 Å². The molecule has 3 aromatic rings. The van der Waals surface area contributed by atoms with Crippen LogP contribution in [0.1, 0.15) is 28.6 Å². The number of nitrogens with zero attached hydrogens (tertiary/aromatic N) is 5. The van der Waals surface area contributed by atoms with Gasteiger partial charge in [-0.05, 0) is 23.3 Å². The van der Waals surface area contributed by atoms with Crippen molar-refractivity contribution in [2.45, 2.75) is 26.1 Å². The van der Waals surface area contributed by atoms with Crippen LogP contribution in [0.25, 0.3) is 0 Å². The number of hydrogen-bond donors (Lipinski definition) is 1. The summed E-state index contributed by atoms with van der Waals surface area (Å²) in [6.45, 7) is 3.77. The molecule has 0 bridgehead atoms. The van der Waals surface area contributed by atoms with E-state index in [4.69, 9.17) is 0 Å². The fraction of sp³-hybridized carbons (Fsp3) is 0.316. The lowest BCUT2D eigenvalue weighted by Gasteiger charge is -2.24. The van der Waals surface area contributed by atoms with E-state index >= 15 is 0 Å². The zero-order chi connectivity index (χ0) is 17.6. The van der Waals surface area contributed by atoms with Crippen LogP contribution in [0.4, 0.5) is 0 Å². The minimum absolute atomic E-state index is 0.497. The largest absolute Gasteiger partial charge is 0.387 e. The molecule has 0 radical (unpaired) electrons. The number of tetrazole rings is 1. The molecule has 0 aliphatic rings. The fourth-order valence-electron chi connectivity index (χ4n) is 2.84. The van der Waals surface area contributed by atoms with Crippen molar-refractivity contribution in [1.29, 1.82) is 0 Å². The molecule has 0 aliphatic heterocycles. The topological polar surface area (TPSA) is 67.1 Å². The Morgan fingerprint density at radius 1 is 1.08 bits per heavy atom. The smallest absolute Gasteiger partial charge is 0.188 e. The van der Waals surface area contributed by atoms with Gasteiger partial charge in [-0.1, -0.05) is 60.2 Å². The third-order valence-corrected chi connectivity index (χ3v) is 4.02. The summed E-state index contributed by atoms with van der Waals surface area (Å²) in [5, 5.41) is 22.9. The van der Waals surface area contributed by atoms with Crippen LogP contribution >= 0.6 is 0 Å². The van der Waals surface area contributed by atoms with E-state index in [1.54, 1.807) is 7.05 Å². The first-order valence-corrected chi connectivity index (χ1v) is 8.34. The quantitative estimate of drug-likeness (QED) is 0.716. The first-order valence-electron chi connectivity index (χ1n) is 8.34. The standard InChI is InChI=1S/C19H23N5O/c1-15-7-6-10-17(11-15)18(25)13-24(12-16-8-4-3-5-9-16)14-19-20-22-23(2)21-19/h3-11,18,25H,12-14H2,1-2H3/t18-/m0/s1. The molecule has 0 fully saturated rings. The van der Waals surface area contributed by atoms with Gasteiger partial charge in [0, 0.05) is 13.1 Å². The predicted molar refractivity (Wildman–Crippen MR) is 95.5 cm³/mol. The molecule has 0 saturated heterocycles. The Labute approximate surface area is 147 Å². The number of aromatic nitrogens is 4. The van der Waals surface area contributed by atoms with E-state index in [2.05, 4.69) is 32.4 Å². The minimum Gasteiger partial charge on any atom is -0.387 e. The minimum atomic E-state index is -0.569. The van der Waals surface area contributed by atoms with Crippen LogP contribution in [0.15, 0.2) is 54.6 Å². The number of benzene rings is 2. The summed E-state index contributed by atoms with van der Waals surface area (Å²) in [6, 6.07) is 18.2. The average molecular weight is 337 g/mol. The predicted octanol–water partition coefficient (Wildman–Crippen LogP) is 2.25. The van der Waals surface area contributed by atoms with Crippen molar-refractivity contribution in [3.63, 3.8) is 0 Å². The summed E-state index contributed by atoms with van der Waals surface area (Å²) in [7, 11) is 1.75. The Kier molecular flexibility index (Phi) is 5.53. The van der Waals surface area contributed by atoms with Crippen molar-refractivity contribution in [2.24, 2.45) is 7.05 Å². The second kappa shape index (κ2) is 8.00. The molecule has 2 aromatic carbocycles. The lowest BCUT2D eigenvalue weighted by Crippen LogP contribution is -2.28. The lowest BCUT2D eigenvalue weighted by molar-refractivity contribution is 0.103. The molecule has 0 unspecified atom stereocenters. The maximum absolute atomic E-state index is 10.7. The van der Waals surface area contributed by atoms with Crippen molar-refractivity contribution < 1.29 is 5.11 Å². The highest BCUT2D eigenvalue weighted by Crippen LogP contribution is 2.18. The molecular weight excluding hydrogens is 314 g/mol. The average Bonchev–Trinajstić information content (AvgIpc) is 3.00. The third-order valence-electron chi connectivity index (χ3n) is 4.02. The number of aryl methyl sites for hydroxylation is 2. The molecule has 1 aromatic heterocycles. The molecule has 0 amide bonds. The third kappa shape index (κ3) is 4.95. The highest BCUT2D eigenvalue weighted by molar-refractivity contribution is 5.24. The molecule has 0 aliphatic carbocycles.